The van der Waals surface area contributed by atoms with E-state index in [2.05, 4.69) is 0 Å². The summed E-state index contributed by atoms with van der Waals surface area (Å²) in [5.74, 6) is 0.117. The molecule has 0 radical (unpaired) electrons. The maximum Gasteiger partial charge on any atom is 0.416 e. The van der Waals surface area contributed by atoms with Crippen LogP contribution in [0.4, 0.5) is 13.2 Å². The number of aliphatic hydroxyl groups excluding tert-OH is 1. The molecule has 0 aromatic heterocycles. The van der Waals surface area contributed by atoms with Crippen LogP contribution in [0.15, 0.2) is 0 Å². The van der Waals surface area contributed by atoms with Crippen LogP contribution in [0, 0.1) is 0 Å². The maximum absolute atomic E-state index is 11.9. The number of Topliss-reactive ketones (excluding diaryl/α,β-unsaturated/α-hetero) is 1. The molecular weight excluding hydrogens is 213 g/mol. The van der Waals surface area contributed by atoms with E-state index in [1.807, 2.05) is 0 Å². The number of halogens is 3. The standard InChI is InChI=1S/C9H13F3O3/c10-9(11,12)8(14)5-15-7-3-1-6(13)2-4-7/h7-8,14H,1-5H2. The van der Waals surface area contributed by atoms with Gasteiger partial charge >= 0.3 is 6.18 Å². The largest absolute Gasteiger partial charge is 0.416 e. The van der Waals surface area contributed by atoms with Crippen LogP contribution in [0.25, 0.3) is 0 Å². The Morgan fingerprint density at radius 1 is 1.40 bits per heavy atom. The minimum absolute atomic E-state index is 0.117. The monoisotopic (exact) mass is 226 g/mol. The normalized spacial score (nSPS) is 21.7. The van der Waals surface area contributed by atoms with Crippen molar-refractivity contribution in [1.82, 2.24) is 0 Å². The predicted octanol–water partition coefficient (Wildman–Crippen LogP) is 1.44. The molecule has 0 amide bonds. The van der Waals surface area contributed by atoms with Crippen molar-refractivity contribution in [1.29, 1.82) is 0 Å². The lowest BCUT2D eigenvalue weighted by molar-refractivity contribution is -0.221. The SMILES string of the molecule is O=C1CCC(OCC(O)C(F)(F)F)CC1. The van der Waals surface area contributed by atoms with Crippen LogP contribution >= 0.6 is 0 Å². The highest BCUT2D eigenvalue weighted by atomic mass is 19.4. The molecule has 0 aliphatic heterocycles. The number of carbonyl (C=O) groups is 1. The number of alkyl halides is 3. The van der Waals surface area contributed by atoms with Crippen LogP contribution < -0.4 is 0 Å². The Kier molecular flexibility index (Phi) is 4.10. The molecule has 0 spiro atoms. The van der Waals surface area contributed by atoms with Gasteiger partial charge in [0.05, 0.1) is 12.7 Å². The molecule has 1 atom stereocenters. The second-order valence-electron chi connectivity index (χ2n) is 3.63. The average Bonchev–Trinajstić information content (AvgIpc) is 2.15. The summed E-state index contributed by atoms with van der Waals surface area (Å²) >= 11 is 0. The van der Waals surface area contributed by atoms with Crippen molar-refractivity contribution in [3.8, 4) is 0 Å². The molecule has 15 heavy (non-hydrogen) atoms. The highest BCUT2D eigenvalue weighted by Gasteiger charge is 2.38. The van der Waals surface area contributed by atoms with Gasteiger partial charge in [-0.2, -0.15) is 13.2 Å². The van der Waals surface area contributed by atoms with E-state index in [4.69, 9.17) is 9.84 Å². The Hall–Kier alpha value is -0.620. The van der Waals surface area contributed by atoms with Crippen LogP contribution in [0.2, 0.25) is 0 Å². The number of hydrogen-bond donors (Lipinski definition) is 1. The highest BCUT2D eigenvalue weighted by Crippen LogP contribution is 2.23. The van der Waals surface area contributed by atoms with E-state index in [1.165, 1.54) is 0 Å². The third-order valence-electron chi connectivity index (χ3n) is 2.36. The van der Waals surface area contributed by atoms with Gasteiger partial charge in [-0.1, -0.05) is 0 Å². The summed E-state index contributed by atoms with van der Waals surface area (Å²) in [5.41, 5.74) is 0. The second kappa shape index (κ2) is 4.94. The zero-order valence-electron chi connectivity index (χ0n) is 8.09. The summed E-state index contributed by atoms with van der Waals surface area (Å²) in [6.07, 6.45) is -5.80. The van der Waals surface area contributed by atoms with E-state index in [1.54, 1.807) is 0 Å². The molecule has 0 saturated heterocycles. The van der Waals surface area contributed by atoms with Gasteiger partial charge in [0.1, 0.15) is 5.78 Å². The summed E-state index contributed by atoms with van der Waals surface area (Å²) in [6.45, 7) is -0.748. The molecule has 1 saturated carbocycles. The Bertz CT molecular complexity index is 217. The predicted molar refractivity (Wildman–Crippen MR) is 45.3 cm³/mol. The van der Waals surface area contributed by atoms with Gasteiger partial charge < -0.3 is 9.84 Å². The van der Waals surface area contributed by atoms with E-state index in [9.17, 15) is 18.0 Å². The third kappa shape index (κ3) is 4.17. The lowest BCUT2D eigenvalue weighted by Gasteiger charge is -2.23. The van der Waals surface area contributed by atoms with Gasteiger partial charge in [-0.3, -0.25) is 4.79 Å². The lowest BCUT2D eigenvalue weighted by Crippen LogP contribution is -2.35. The molecular formula is C9H13F3O3. The molecule has 1 rings (SSSR count). The van der Waals surface area contributed by atoms with Gasteiger partial charge in [0.15, 0.2) is 6.10 Å². The number of carbonyl (C=O) groups excluding carboxylic acids is 1. The highest BCUT2D eigenvalue weighted by molar-refractivity contribution is 5.79. The first-order valence-electron chi connectivity index (χ1n) is 4.77. The van der Waals surface area contributed by atoms with Crippen molar-refractivity contribution in [2.45, 2.75) is 44.1 Å². The summed E-state index contributed by atoms with van der Waals surface area (Å²) in [4.78, 5) is 10.8. The molecule has 88 valence electrons. The molecule has 0 bridgehead atoms. The van der Waals surface area contributed by atoms with Gasteiger partial charge in [-0.25, -0.2) is 0 Å². The minimum Gasteiger partial charge on any atom is -0.382 e. The first-order chi connectivity index (χ1) is 6.89. The molecule has 1 N–H and O–H groups in total. The Morgan fingerprint density at radius 2 is 1.93 bits per heavy atom. The first kappa shape index (κ1) is 12.4. The van der Waals surface area contributed by atoms with E-state index in [-0.39, 0.29) is 11.9 Å². The Labute approximate surface area is 85.2 Å². The fourth-order valence-electron chi connectivity index (χ4n) is 1.40. The fraction of sp³-hybridized carbons (Fsp3) is 0.889. The zero-order chi connectivity index (χ0) is 11.5. The van der Waals surface area contributed by atoms with Crippen LogP contribution in [-0.2, 0) is 9.53 Å². The van der Waals surface area contributed by atoms with Crippen LogP contribution in [0.5, 0.6) is 0 Å². The minimum atomic E-state index is -4.63. The van der Waals surface area contributed by atoms with Gasteiger partial charge in [0.2, 0.25) is 0 Å². The number of ketones is 1. The van der Waals surface area contributed by atoms with Crippen molar-refractivity contribution in [3.63, 3.8) is 0 Å². The smallest absolute Gasteiger partial charge is 0.382 e. The first-order valence-corrected chi connectivity index (χ1v) is 4.77. The van der Waals surface area contributed by atoms with Crippen molar-refractivity contribution >= 4 is 5.78 Å². The van der Waals surface area contributed by atoms with Crippen molar-refractivity contribution in [2.24, 2.45) is 0 Å². The number of aliphatic hydroxyl groups is 1. The molecule has 0 aromatic carbocycles. The molecule has 1 aliphatic carbocycles. The van der Waals surface area contributed by atoms with Gasteiger partial charge in [0.25, 0.3) is 0 Å². The Morgan fingerprint density at radius 3 is 2.40 bits per heavy atom. The molecule has 1 fully saturated rings. The molecule has 0 aromatic rings. The second-order valence-corrected chi connectivity index (χ2v) is 3.63. The number of hydrogen-bond acceptors (Lipinski definition) is 3. The van der Waals surface area contributed by atoms with Crippen LogP contribution in [0.1, 0.15) is 25.7 Å². The van der Waals surface area contributed by atoms with Gasteiger partial charge in [0, 0.05) is 12.8 Å². The Balaban J connectivity index is 2.23. The van der Waals surface area contributed by atoms with Crippen molar-refractivity contribution < 1.29 is 27.8 Å². The van der Waals surface area contributed by atoms with E-state index < -0.39 is 18.9 Å². The quantitative estimate of drug-likeness (QED) is 0.792. The molecule has 1 aliphatic rings. The van der Waals surface area contributed by atoms with Gasteiger partial charge in [-0.15, -0.1) is 0 Å². The van der Waals surface area contributed by atoms with Crippen LogP contribution in [-0.4, -0.2) is 35.9 Å². The summed E-state index contributed by atoms with van der Waals surface area (Å²) in [6, 6.07) is 0. The summed E-state index contributed by atoms with van der Waals surface area (Å²) in [5, 5.41) is 8.65. The zero-order valence-corrected chi connectivity index (χ0v) is 8.09. The molecule has 6 heteroatoms. The summed E-state index contributed by atoms with van der Waals surface area (Å²) in [7, 11) is 0. The van der Waals surface area contributed by atoms with E-state index in [0.29, 0.717) is 25.7 Å². The van der Waals surface area contributed by atoms with Gasteiger partial charge in [-0.05, 0) is 12.8 Å². The van der Waals surface area contributed by atoms with E-state index >= 15 is 0 Å². The van der Waals surface area contributed by atoms with Crippen molar-refractivity contribution in [3.05, 3.63) is 0 Å². The van der Waals surface area contributed by atoms with E-state index in [0.717, 1.165) is 0 Å². The average molecular weight is 226 g/mol. The third-order valence-corrected chi connectivity index (χ3v) is 2.36. The number of rotatable bonds is 3. The van der Waals surface area contributed by atoms with Crippen LogP contribution in [0.3, 0.4) is 0 Å². The van der Waals surface area contributed by atoms with Crippen molar-refractivity contribution in [2.75, 3.05) is 6.61 Å². The fourth-order valence-corrected chi connectivity index (χ4v) is 1.40. The molecule has 3 nitrogen and oxygen atoms in total. The number of ether oxygens (including phenoxy) is 1. The molecule has 1 unspecified atom stereocenters. The molecule has 0 heterocycles. The topological polar surface area (TPSA) is 46.5 Å². The maximum atomic E-state index is 11.9. The summed E-state index contributed by atoms with van der Waals surface area (Å²) < 4.78 is 40.5. The lowest BCUT2D eigenvalue weighted by atomic mass is 9.96.